The molecule has 17 heavy (non-hydrogen) atoms. The van der Waals surface area contributed by atoms with Crippen LogP contribution in [-0.2, 0) is 4.74 Å². The zero-order valence-electron chi connectivity index (χ0n) is 10.9. The van der Waals surface area contributed by atoms with Crippen molar-refractivity contribution in [3.05, 3.63) is 41.5 Å². The first-order valence-corrected chi connectivity index (χ1v) is 6.13. The van der Waals surface area contributed by atoms with Crippen LogP contribution in [0.5, 0.6) is 0 Å². The van der Waals surface area contributed by atoms with E-state index in [9.17, 15) is 0 Å². The van der Waals surface area contributed by atoms with Crippen molar-refractivity contribution in [2.75, 3.05) is 6.61 Å². The number of hydrogen-bond acceptors (Lipinski definition) is 2. The van der Waals surface area contributed by atoms with E-state index in [1.54, 1.807) is 0 Å². The summed E-state index contributed by atoms with van der Waals surface area (Å²) in [5.74, 6) is 0. The maximum Gasteiger partial charge on any atom is 0.0734 e. The van der Waals surface area contributed by atoms with Gasteiger partial charge in [-0.1, -0.05) is 42.0 Å². The normalized spacial score (nSPS) is 15.1. The van der Waals surface area contributed by atoms with Gasteiger partial charge in [-0.15, -0.1) is 0 Å². The highest BCUT2D eigenvalue weighted by Crippen LogP contribution is 2.08. The standard InChI is InChI=1S/C15H22O2/c1-12-4-7-15(8-5-12)9-6-13(2)17-14(3)10-11-16/h4-9,13-14,16H,10-11H2,1-3H3/b9-6+. The summed E-state index contributed by atoms with van der Waals surface area (Å²) < 4.78 is 5.69. The van der Waals surface area contributed by atoms with Crippen molar-refractivity contribution < 1.29 is 9.84 Å². The van der Waals surface area contributed by atoms with E-state index in [0.29, 0.717) is 6.42 Å². The highest BCUT2D eigenvalue weighted by atomic mass is 16.5. The van der Waals surface area contributed by atoms with Gasteiger partial charge in [-0.3, -0.25) is 0 Å². The molecule has 0 heterocycles. The minimum Gasteiger partial charge on any atom is -0.396 e. The Morgan fingerprint density at radius 2 is 1.88 bits per heavy atom. The number of aliphatic hydroxyl groups is 1. The van der Waals surface area contributed by atoms with E-state index in [2.05, 4.69) is 37.3 Å². The van der Waals surface area contributed by atoms with Crippen LogP contribution < -0.4 is 0 Å². The fourth-order valence-electron chi connectivity index (χ4n) is 1.59. The predicted molar refractivity (Wildman–Crippen MR) is 71.9 cm³/mol. The van der Waals surface area contributed by atoms with Crippen LogP contribution in [0.25, 0.3) is 6.08 Å². The molecule has 1 N–H and O–H groups in total. The van der Waals surface area contributed by atoms with Crippen LogP contribution in [0.3, 0.4) is 0 Å². The van der Waals surface area contributed by atoms with Crippen molar-refractivity contribution in [1.82, 2.24) is 0 Å². The first-order chi connectivity index (χ1) is 8.11. The van der Waals surface area contributed by atoms with Gasteiger partial charge in [-0.05, 0) is 32.8 Å². The van der Waals surface area contributed by atoms with Crippen molar-refractivity contribution >= 4 is 6.08 Å². The maximum absolute atomic E-state index is 8.79. The van der Waals surface area contributed by atoms with Gasteiger partial charge in [-0.2, -0.15) is 0 Å². The summed E-state index contributed by atoms with van der Waals surface area (Å²) in [6.45, 7) is 6.25. The molecule has 94 valence electrons. The average Bonchev–Trinajstić information content (AvgIpc) is 2.28. The number of aryl methyl sites for hydroxylation is 1. The minimum absolute atomic E-state index is 0.0675. The van der Waals surface area contributed by atoms with Gasteiger partial charge in [0.1, 0.15) is 0 Å². The molecule has 0 amide bonds. The molecular formula is C15H22O2. The summed E-state index contributed by atoms with van der Waals surface area (Å²) in [6, 6.07) is 8.38. The molecule has 2 nitrogen and oxygen atoms in total. The molecule has 0 radical (unpaired) electrons. The van der Waals surface area contributed by atoms with Gasteiger partial charge < -0.3 is 9.84 Å². The molecule has 2 heteroatoms. The molecule has 1 aromatic carbocycles. The molecule has 0 aromatic heterocycles. The monoisotopic (exact) mass is 234 g/mol. The van der Waals surface area contributed by atoms with E-state index >= 15 is 0 Å². The van der Waals surface area contributed by atoms with Crippen LogP contribution in [0, 0.1) is 6.92 Å². The second-order valence-electron chi connectivity index (χ2n) is 4.43. The van der Waals surface area contributed by atoms with Gasteiger partial charge in [0.05, 0.1) is 12.2 Å². The maximum atomic E-state index is 8.79. The zero-order valence-corrected chi connectivity index (χ0v) is 10.9. The van der Waals surface area contributed by atoms with E-state index in [1.165, 1.54) is 11.1 Å². The van der Waals surface area contributed by atoms with Crippen molar-refractivity contribution in [2.24, 2.45) is 0 Å². The number of benzene rings is 1. The molecule has 0 saturated heterocycles. The van der Waals surface area contributed by atoms with Gasteiger partial charge in [0.2, 0.25) is 0 Å². The molecule has 0 aliphatic carbocycles. The Bertz CT molecular complexity index is 340. The third-order valence-electron chi connectivity index (χ3n) is 2.62. The summed E-state index contributed by atoms with van der Waals surface area (Å²) in [5, 5.41) is 8.79. The van der Waals surface area contributed by atoms with Crippen LogP contribution in [0.4, 0.5) is 0 Å². The molecule has 0 aliphatic heterocycles. The topological polar surface area (TPSA) is 29.5 Å². The van der Waals surface area contributed by atoms with Gasteiger partial charge in [0.25, 0.3) is 0 Å². The molecule has 0 saturated carbocycles. The Balaban J connectivity index is 2.44. The highest BCUT2D eigenvalue weighted by Gasteiger charge is 2.04. The third-order valence-corrected chi connectivity index (χ3v) is 2.62. The predicted octanol–water partition coefficient (Wildman–Crippen LogP) is 3.18. The molecule has 0 spiro atoms. The Morgan fingerprint density at radius 3 is 2.47 bits per heavy atom. The Hall–Kier alpha value is -1.12. The summed E-state index contributed by atoms with van der Waals surface area (Å²) in [7, 11) is 0. The second kappa shape index (κ2) is 7.25. The van der Waals surface area contributed by atoms with E-state index in [-0.39, 0.29) is 18.8 Å². The van der Waals surface area contributed by atoms with Gasteiger partial charge in [-0.25, -0.2) is 0 Å². The van der Waals surface area contributed by atoms with E-state index in [4.69, 9.17) is 9.84 Å². The molecule has 2 unspecified atom stereocenters. The van der Waals surface area contributed by atoms with E-state index < -0.39 is 0 Å². The van der Waals surface area contributed by atoms with Crippen LogP contribution in [0.15, 0.2) is 30.3 Å². The Kier molecular flexibility index (Phi) is 5.95. The molecule has 2 atom stereocenters. The minimum atomic E-state index is 0.0675. The smallest absolute Gasteiger partial charge is 0.0734 e. The zero-order chi connectivity index (χ0) is 12.7. The summed E-state index contributed by atoms with van der Waals surface area (Å²) in [4.78, 5) is 0. The van der Waals surface area contributed by atoms with Crippen molar-refractivity contribution in [3.8, 4) is 0 Å². The Labute approximate surface area is 104 Å². The molecule has 0 bridgehead atoms. The lowest BCUT2D eigenvalue weighted by Gasteiger charge is -2.15. The molecule has 1 aromatic rings. The lowest BCUT2D eigenvalue weighted by Crippen LogP contribution is -2.16. The lowest BCUT2D eigenvalue weighted by atomic mass is 10.1. The van der Waals surface area contributed by atoms with Crippen LogP contribution in [0.2, 0.25) is 0 Å². The van der Waals surface area contributed by atoms with Gasteiger partial charge in [0.15, 0.2) is 0 Å². The summed E-state index contributed by atoms with van der Waals surface area (Å²) in [5.41, 5.74) is 2.45. The molecule has 1 rings (SSSR count). The second-order valence-corrected chi connectivity index (χ2v) is 4.43. The van der Waals surface area contributed by atoms with Crippen LogP contribution in [0.1, 0.15) is 31.4 Å². The van der Waals surface area contributed by atoms with Gasteiger partial charge in [0, 0.05) is 6.61 Å². The number of rotatable bonds is 6. The Morgan fingerprint density at radius 1 is 1.24 bits per heavy atom. The number of ether oxygens (including phenoxy) is 1. The molecule has 0 fully saturated rings. The largest absolute Gasteiger partial charge is 0.396 e. The number of aliphatic hydroxyl groups excluding tert-OH is 1. The van der Waals surface area contributed by atoms with Crippen molar-refractivity contribution in [1.29, 1.82) is 0 Å². The summed E-state index contributed by atoms with van der Waals surface area (Å²) in [6.07, 6.45) is 4.95. The molecular weight excluding hydrogens is 212 g/mol. The van der Waals surface area contributed by atoms with E-state index in [0.717, 1.165) is 0 Å². The third kappa shape index (κ3) is 5.66. The van der Waals surface area contributed by atoms with Gasteiger partial charge >= 0.3 is 0 Å². The van der Waals surface area contributed by atoms with Crippen LogP contribution in [-0.4, -0.2) is 23.9 Å². The average molecular weight is 234 g/mol. The highest BCUT2D eigenvalue weighted by molar-refractivity contribution is 5.50. The lowest BCUT2D eigenvalue weighted by molar-refractivity contribution is 0.0203. The molecule has 0 aliphatic rings. The first-order valence-electron chi connectivity index (χ1n) is 6.13. The van der Waals surface area contributed by atoms with E-state index in [1.807, 2.05) is 19.9 Å². The number of hydrogen-bond donors (Lipinski definition) is 1. The fraction of sp³-hybridized carbons (Fsp3) is 0.467. The first kappa shape index (κ1) is 13.9. The van der Waals surface area contributed by atoms with Crippen molar-refractivity contribution in [3.63, 3.8) is 0 Å². The SMILES string of the molecule is Cc1ccc(/C=C/C(C)OC(C)CCO)cc1. The van der Waals surface area contributed by atoms with Crippen molar-refractivity contribution in [2.45, 2.75) is 39.4 Å². The van der Waals surface area contributed by atoms with Crippen LogP contribution >= 0.6 is 0 Å². The fourth-order valence-corrected chi connectivity index (χ4v) is 1.59. The summed E-state index contributed by atoms with van der Waals surface area (Å²) >= 11 is 0. The quantitative estimate of drug-likeness (QED) is 0.819.